The van der Waals surface area contributed by atoms with Crippen molar-refractivity contribution in [1.29, 1.82) is 0 Å². The largest absolute Gasteiger partial charge is 0.494 e. The van der Waals surface area contributed by atoms with Gasteiger partial charge in [0.1, 0.15) is 5.75 Å². The molecular formula is C21H29NO4. The molecular weight excluding hydrogens is 330 g/mol. The molecule has 0 spiro atoms. The fourth-order valence-corrected chi connectivity index (χ4v) is 3.10. The van der Waals surface area contributed by atoms with Crippen LogP contribution in [0.1, 0.15) is 52.0 Å². The summed E-state index contributed by atoms with van der Waals surface area (Å²) in [5.41, 5.74) is 0.860. The van der Waals surface area contributed by atoms with Crippen molar-refractivity contribution in [3.63, 3.8) is 0 Å². The Bertz CT molecular complexity index is 623. The maximum Gasteiger partial charge on any atom is 0.331 e. The van der Waals surface area contributed by atoms with E-state index in [9.17, 15) is 9.59 Å². The van der Waals surface area contributed by atoms with Gasteiger partial charge in [-0.2, -0.15) is 0 Å². The summed E-state index contributed by atoms with van der Waals surface area (Å²) in [4.78, 5) is 24.2. The minimum atomic E-state index is -0.804. The number of hydrogen-bond donors (Lipinski definition) is 1. The highest BCUT2D eigenvalue weighted by atomic mass is 16.5. The molecule has 5 heteroatoms. The molecule has 2 rings (SSSR count). The van der Waals surface area contributed by atoms with Gasteiger partial charge in [-0.05, 0) is 56.4 Å². The van der Waals surface area contributed by atoms with E-state index >= 15 is 0 Å². The normalized spacial score (nSPS) is 21.2. The van der Waals surface area contributed by atoms with Crippen molar-refractivity contribution in [3.8, 4) is 5.75 Å². The molecule has 0 saturated heterocycles. The summed E-state index contributed by atoms with van der Waals surface area (Å²) in [6.07, 6.45) is 6.66. The summed E-state index contributed by atoms with van der Waals surface area (Å²) in [7, 11) is 0. The van der Waals surface area contributed by atoms with Crippen molar-refractivity contribution in [2.45, 2.75) is 58.6 Å². The number of rotatable bonds is 7. The van der Waals surface area contributed by atoms with E-state index in [0.29, 0.717) is 12.5 Å². The summed E-state index contributed by atoms with van der Waals surface area (Å²) < 4.78 is 10.6. The Morgan fingerprint density at radius 1 is 1.23 bits per heavy atom. The highest BCUT2D eigenvalue weighted by Crippen LogP contribution is 2.23. The Hall–Kier alpha value is -2.30. The van der Waals surface area contributed by atoms with Crippen LogP contribution in [0.25, 0.3) is 6.08 Å². The number of benzene rings is 1. The summed E-state index contributed by atoms with van der Waals surface area (Å²) in [5.74, 6) is 0.495. The van der Waals surface area contributed by atoms with Crippen molar-refractivity contribution in [1.82, 2.24) is 5.32 Å². The van der Waals surface area contributed by atoms with Gasteiger partial charge in [-0.3, -0.25) is 4.79 Å². The molecule has 3 atom stereocenters. The number of carbonyl (C=O) groups is 2. The smallest absolute Gasteiger partial charge is 0.331 e. The van der Waals surface area contributed by atoms with Crippen LogP contribution in [0.5, 0.6) is 5.75 Å². The molecule has 0 radical (unpaired) electrons. The molecule has 1 saturated carbocycles. The van der Waals surface area contributed by atoms with E-state index in [1.54, 1.807) is 13.0 Å². The highest BCUT2D eigenvalue weighted by Gasteiger charge is 2.25. The fourth-order valence-electron chi connectivity index (χ4n) is 3.10. The second-order valence-electron chi connectivity index (χ2n) is 6.79. The summed E-state index contributed by atoms with van der Waals surface area (Å²) >= 11 is 0. The minimum Gasteiger partial charge on any atom is -0.494 e. The van der Waals surface area contributed by atoms with E-state index in [4.69, 9.17) is 9.47 Å². The van der Waals surface area contributed by atoms with Crippen molar-refractivity contribution in [3.05, 3.63) is 35.9 Å². The second kappa shape index (κ2) is 10.00. The second-order valence-corrected chi connectivity index (χ2v) is 6.79. The number of carbonyl (C=O) groups excluding carboxylic acids is 2. The predicted molar refractivity (Wildman–Crippen MR) is 102 cm³/mol. The van der Waals surface area contributed by atoms with E-state index in [0.717, 1.165) is 30.6 Å². The molecule has 0 heterocycles. The van der Waals surface area contributed by atoms with Gasteiger partial charge in [-0.25, -0.2) is 4.79 Å². The number of amides is 1. The summed E-state index contributed by atoms with van der Waals surface area (Å²) in [6.45, 7) is 6.29. The first kappa shape index (κ1) is 20.0. The molecule has 1 fully saturated rings. The monoisotopic (exact) mass is 359 g/mol. The van der Waals surface area contributed by atoms with E-state index in [1.807, 2.05) is 31.2 Å². The van der Waals surface area contributed by atoms with Crippen molar-refractivity contribution < 1.29 is 19.1 Å². The van der Waals surface area contributed by atoms with Crippen LogP contribution in [0.15, 0.2) is 30.3 Å². The zero-order chi connectivity index (χ0) is 18.9. The number of hydrogen-bond acceptors (Lipinski definition) is 4. The van der Waals surface area contributed by atoms with Crippen molar-refractivity contribution in [2.24, 2.45) is 5.92 Å². The molecule has 1 aromatic rings. The van der Waals surface area contributed by atoms with Crippen LogP contribution in [-0.2, 0) is 14.3 Å². The zero-order valence-electron chi connectivity index (χ0n) is 15.9. The lowest BCUT2D eigenvalue weighted by Gasteiger charge is -2.30. The number of ether oxygens (including phenoxy) is 2. The van der Waals surface area contributed by atoms with Crippen LogP contribution in [0, 0.1) is 5.92 Å². The SMILES string of the molecule is CCOc1ccc(/C=C/C(=O)O[C@H](C)C(=O)N[C@@H]2CCCC[C@@H]2C)cc1. The Morgan fingerprint density at radius 2 is 1.92 bits per heavy atom. The molecule has 5 nitrogen and oxygen atoms in total. The molecule has 0 aromatic heterocycles. The quantitative estimate of drug-likeness (QED) is 0.595. The van der Waals surface area contributed by atoms with Gasteiger partial charge >= 0.3 is 5.97 Å². The topological polar surface area (TPSA) is 64.6 Å². The first-order chi connectivity index (χ1) is 12.5. The van der Waals surface area contributed by atoms with E-state index < -0.39 is 12.1 Å². The molecule has 0 unspecified atom stereocenters. The first-order valence-corrected chi connectivity index (χ1v) is 9.41. The Morgan fingerprint density at radius 3 is 2.58 bits per heavy atom. The number of esters is 1. The van der Waals surface area contributed by atoms with E-state index in [-0.39, 0.29) is 11.9 Å². The standard InChI is InChI=1S/C21H29NO4/c1-4-25-18-12-9-17(10-13-18)11-14-20(23)26-16(3)21(24)22-19-8-6-5-7-15(19)2/h9-16,19H,4-8H2,1-3H3,(H,22,24)/b14-11+/t15-,16+,19+/m0/s1. The van der Waals surface area contributed by atoms with Crippen LogP contribution < -0.4 is 10.1 Å². The van der Waals surface area contributed by atoms with E-state index in [2.05, 4.69) is 12.2 Å². The lowest BCUT2D eigenvalue weighted by molar-refractivity contribution is -0.150. The van der Waals surface area contributed by atoms with Crippen LogP contribution in [-0.4, -0.2) is 30.6 Å². The highest BCUT2D eigenvalue weighted by molar-refractivity contribution is 5.90. The Balaban J connectivity index is 1.81. The van der Waals surface area contributed by atoms with Crippen molar-refractivity contribution >= 4 is 18.0 Å². The Kier molecular flexibility index (Phi) is 7.70. The van der Waals surface area contributed by atoms with Gasteiger partial charge in [-0.15, -0.1) is 0 Å². The molecule has 0 aliphatic heterocycles. The Labute approximate surface area is 155 Å². The molecule has 1 aromatic carbocycles. The van der Waals surface area contributed by atoms with Crippen LogP contribution in [0.4, 0.5) is 0 Å². The molecule has 0 bridgehead atoms. The third-order valence-electron chi connectivity index (χ3n) is 4.70. The third-order valence-corrected chi connectivity index (χ3v) is 4.70. The molecule has 1 aliphatic carbocycles. The predicted octanol–water partition coefficient (Wildman–Crippen LogP) is 3.73. The van der Waals surface area contributed by atoms with Crippen LogP contribution in [0.2, 0.25) is 0 Å². The van der Waals surface area contributed by atoms with Gasteiger partial charge in [0.05, 0.1) is 6.61 Å². The lowest BCUT2D eigenvalue weighted by atomic mass is 9.86. The molecule has 142 valence electrons. The van der Waals surface area contributed by atoms with E-state index in [1.165, 1.54) is 12.5 Å². The van der Waals surface area contributed by atoms with Crippen molar-refractivity contribution in [2.75, 3.05) is 6.61 Å². The van der Waals surface area contributed by atoms with Crippen LogP contribution >= 0.6 is 0 Å². The molecule has 1 N–H and O–H groups in total. The lowest BCUT2D eigenvalue weighted by Crippen LogP contribution is -2.45. The first-order valence-electron chi connectivity index (χ1n) is 9.41. The molecule has 26 heavy (non-hydrogen) atoms. The van der Waals surface area contributed by atoms with Crippen LogP contribution in [0.3, 0.4) is 0 Å². The van der Waals surface area contributed by atoms with Gasteiger partial charge in [0.25, 0.3) is 5.91 Å². The fraction of sp³-hybridized carbons (Fsp3) is 0.524. The average Bonchev–Trinajstić information content (AvgIpc) is 2.63. The third kappa shape index (κ3) is 6.21. The average molecular weight is 359 g/mol. The van der Waals surface area contributed by atoms with Gasteiger partial charge in [0.15, 0.2) is 6.10 Å². The summed E-state index contributed by atoms with van der Waals surface area (Å²) in [5, 5.41) is 3.01. The maximum atomic E-state index is 12.2. The summed E-state index contributed by atoms with van der Waals surface area (Å²) in [6, 6.07) is 7.58. The zero-order valence-corrected chi connectivity index (χ0v) is 15.9. The molecule has 1 amide bonds. The minimum absolute atomic E-state index is 0.178. The van der Waals surface area contributed by atoms with Gasteiger partial charge in [0.2, 0.25) is 0 Å². The van der Waals surface area contributed by atoms with Gasteiger partial charge in [0, 0.05) is 12.1 Å². The van der Waals surface area contributed by atoms with Gasteiger partial charge in [-0.1, -0.05) is 31.9 Å². The van der Waals surface area contributed by atoms with Gasteiger partial charge < -0.3 is 14.8 Å². The number of nitrogens with one attached hydrogen (secondary N) is 1. The molecule has 1 aliphatic rings. The maximum absolute atomic E-state index is 12.2.